The number of fused-ring (bicyclic) bond motifs is 11. The van der Waals surface area contributed by atoms with Gasteiger partial charge in [0.15, 0.2) is 11.5 Å². The highest BCUT2D eigenvalue weighted by Crippen LogP contribution is 2.41. The molecular weight excluding hydrogens is 484 g/mol. The first-order chi connectivity index (χ1) is 18.6. The van der Waals surface area contributed by atoms with Crippen molar-refractivity contribution in [2.45, 2.75) is 12.5 Å². The lowest BCUT2D eigenvalue weighted by atomic mass is 9.87. The summed E-state index contributed by atoms with van der Waals surface area (Å²) in [5.41, 5.74) is 3.56. The maximum absolute atomic E-state index is 13.9. The molecule has 3 aliphatic heterocycles. The van der Waals surface area contributed by atoms with Gasteiger partial charge in [-0.15, -0.1) is 0 Å². The Morgan fingerprint density at radius 3 is 2.37 bits per heavy atom. The monoisotopic (exact) mass is 516 g/mol. The van der Waals surface area contributed by atoms with Crippen LogP contribution < -0.4 is 14.2 Å². The molecule has 0 spiro atoms. The number of carbonyl (C=O) groups excluding carboxylic acids is 2. The van der Waals surface area contributed by atoms with E-state index < -0.39 is 0 Å². The minimum Gasteiger partial charge on any atom is -0.493 e. The maximum atomic E-state index is 13.9. The van der Waals surface area contributed by atoms with Crippen molar-refractivity contribution >= 4 is 11.8 Å². The van der Waals surface area contributed by atoms with Crippen LogP contribution in [0.3, 0.4) is 0 Å². The van der Waals surface area contributed by atoms with Crippen molar-refractivity contribution in [3.63, 3.8) is 0 Å². The highest BCUT2D eigenvalue weighted by atomic mass is 16.5. The minimum atomic E-state index is -0.352. The van der Waals surface area contributed by atoms with Crippen LogP contribution in [0.15, 0.2) is 66.7 Å². The molecule has 3 aromatic rings. The molecule has 8 heteroatoms. The van der Waals surface area contributed by atoms with E-state index in [4.69, 9.17) is 18.9 Å². The van der Waals surface area contributed by atoms with Crippen LogP contribution in [0.4, 0.5) is 0 Å². The molecule has 0 saturated carbocycles. The summed E-state index contributed by atoms with van der Waals surface area (Å²) in [6.07, 6.45) is 0.662. The first-order valence-electron chi connectivity index (χ1n) is 12.8. The summed E-state index contributed by atoms with van der Waals surface area (Å²) in [4.78, 5) is 30.8. The molecule has 3 heterocycles. The van der Waals surface area contributed by atoms with Gasteiger partial charge in [0, 0.05) is 18.7 Å². The van der Waals surface area contributed by atoms with Crippen LogP contribution in [0.25, 0.3) is 0 Å². The SMILES string of the molecule is COc1cc2c(cc1OC)C1c3ccc(cc3)OCCOCCN(C(=O)c3ccccc3)CC(=O)N1CC2. The third-order valence-corrected chi connectivity index (χ3v) is 7.03. The van der Waals surface area contributed by atoms with Crippen molar-refractivity contribution in [1.29, 1.82) is 0 Å². The molecule has 8 nitrogen and oxygen atoms in total. The fourth-order valence-corrected chi connectivity index (χ4v) is 5.09. The lowest BCUT2D eigenvalue weighted by Crippen LogP contribution is -2.47. The summed E-state index contributed by atoms with van der Waals surface area (Å²) in [6.45, 7) is 1.83. The number of benzene rings is 3. The standard InChI is InChI=1S/C30H32N2O6/c1-35-26-18-23-12-13-32-28(33)20-31(30(34)22-6-4-3-5-7-22)14-15-37-16-17-38-24-10-8-21(9-11-24)29(32)25(23)19-27(26)36-2/h3-11,18-19,29H,12-17,20H2,1-2H3. The normalized spacial score (nSPS) is 17.9. The topological polar surface area (TPSA) is 77.5 Å². The van der Waals surface area contributed by atoms with Crippen LogP contribution >= 0.6 is 0 Å². The molecule has 3 aromatic carbocycles. The molecule has 0 N–H and O–H groups in total. The average Bonchev–Trinajstić information content (AvgIpc) is 2.97. The van der Waals surface area contributed by atoms with Gasteiger partial charge in [0.2, 0.25) is 5.91 Å². The Labute approximate surface area is 222 Å². The maximum Gasteiger partial charge on any atom is 0.254 e. The van der Waals surface area contributed by atoms with Gasteiger partial charge in [-0.05, 0) is 59.5 Å². The quantitative estimate of drug-likeness (QED) is 0.494. The van der Waals surface area contributed by atoms with Crippen LogP contribution in [-0.2, 0) is 16.0 Å². The molecule has 2 bridgehead atoms. The number of amides is 2. The first-order valence-corrected chi connectivity index (χ1v) is 12.8. The van der Waals surface area contributed by atoms with Gasteiger partial charge in [-0.25, -0.2) is 0 Å². The molecule has 198 valence electrons. The third-order valence-electron chi connectivity index (χ3n) is 7.03. The predicted molar refractivity (Wildman–Crippen MR) is 142 cm³/mol. The zero-order chi connectivity index (χ0) is 26.5. The van der Waals surface area contributed by atoms with Crippen molar-refractivity contribution in [2.24, 2.45) is 0 Å². The molecule has 3 aliphatic rings. The van der Waals surface area contributed by atoms with Gasteiger partial charge in [-0.2, -0.15) is 0 Å². The first kappa shape index (κ1) is 25.6. The van der Waals surface area contributed by atoms with Gasteiger partial charge in [0.25, 0.3) is 5.91 Å². The second-order valence-corrected chi connectivity index (χ2v) is 9.27. The molecule has 2 amide bonds. The zero-order valence-corrected chi connectivity index (χ0v) is 21.7. The molecule has 6 rings (SSSR count). The van der Waals surface area contributed by atoms with E-state index in [0.717, 1.165) is 22.4 Å². The fraction of sp³-hybridized carbons (Fsp3) is 0.333. The summed E-state index contributed by atoms with van der Waals surface area (Å²) >= 11 is 0. The fourth-order valence-electron chi connectivity index (χ4n) is 5.09. The van der Waals surface area contributed by atoms with E-state index >= 15 is 0 Å². The molecular formula is C30H32N2O6. The second-order valence-electron chi connectivity index (χ2n) is 9.27. The van der Waals surface area contributed by atoms with Gasteiger partial charge in [0.1, 0.15) is 18.9 Å². The van der Waals surface area contributed by atoms with Crippen molar-refractivity contribution in [2.75, 3.05) is 53.7 Å². The van der Waals surface area contributed by atoms with Crippen LogP contribution in [0.2, 0.25) is 0 Å². The number of hydrogen-bond donors (Lipinski definition) is 0. The van der Waals surface area contributed by atoms with Gasteiger partial charge >= 0.3 is 0 Å². The van der Waals surface area contributed by atoms with E-state index in [2.05, 4.69) is 0 Å². The summed E-state index contributed by atoms with van der Waals surface area (Å²) in [5, 5.41) is 0. The smallest absolute Gasteiger partial charge is 0.254 e. The molecule has 0 radical (unpaired) electrons. The van der Waals surface area contributed by atoms with Crippen molar-refractivity contribution in [3.05, 3.63) is 89.0 Å². The number of hydrogen-bond acceptors (Lipinski definition) is 6. The number of nitrogens with zero attached hydrogens (tertiary/aromatic N) is 2. The van der Waals surface area contributed by atoms with E-state index in [-0.39, 0.29) is 24.4 Å². The van der Waals surface area contributed by atoms with Crippen molar-refractivity contribution in [1.82, 2.24) is 9.80 Å². The van der Waals surface area contributed by atoms with Crippen LogP contribution in [-0.4, -0.2) is 75.3 Å². The molecule has 0 saturated heterocycles. The Hall–Kier alpha value is -4.04. The molecule has 0 fully saturated rings. The largest absolute Gasteiger partial charge is 0.493 e. The van der Waals surface area contributed by atoms with Gasteiger partial charge in [-0.1, -0.05) is 30.3 Å². The molecule has 0 aliphatic carbocycles. The van der Waals surface area contributed by atoms with E-state index in [9.17, 15) is 9.59 Å². The summed E-state index contributed by atoms with van der Waals surface area (Å²) < 4.78 is 22.7. The lowest BCUT2D eigenvalue weighted by Gasteiger charge is -2.39. The summed E-state index contributed by atoms with van der Waals surface area (Å²) in [6, 6.07) is 20.4. The second kappa shape index (κ2) is 11.6. The molecule has 0 aromatic heterocycles. The van der Waals surface area contributed by atoms with Crippen molar-refractivity contribution < 1.29 is 28.5 Å². The Morgan fingerprint density at radius 1 is 0.895 bits per heavy atom. The van der Waals surface area contributed by atoms with Crippen LogP contribution in [0.5, 0.6) is 17.2 Å². The van der Waals surface area contributed by atoms with E-state index in [1.54, 1.807) is 31.3 Å². The molecule has 1 atom stereocenters. The van der Waals surface area contributed by atoms with Crippen molar-refractivity contribution in [3.8, 4) is 17.2 Å². The number of ether oxygens (including phenoxy) is 4. The minimum absolute atomic E-state index is 0.0508. The Bertz CT molecular complexity index is 1280. The number of rotatable bonds is 3. The molecule has 38 heavy (non-hydrogen) atoms. The Kier molecular flexibility index (Phi) is 7.79. The van der Waals surface area contributed by atoms with Crippen LogP contribution in [0, 0.1) is 0 Å². The van der Waals surface area contributed by atoms with Gasteiger partial charge in [0.05, 0.1) is 33.5 Å². The highest BCUT2D eigenvalue weighted by molar-refractivity contribution is 5.96. The highest BCUT2D eigenvalue weighted by Gasteiger charge is 2.34. The number of carbonyl (C=O) groups is 2. The number of methoxy groups -OCH3 is 2. The van der Waals surface area contributed by atoms with Gasteiger partial charge in [-0.3, -0.25) is 9.59 Å². The van der Waals surface area contributed by atoms with Crippen LogP contribution in [0.1, 0.15) is 33.1 Å². The average molecular weight is 517 g/mol. The zero-order valence-electron chi connectivity index (χ0n) is 21.7. The summed E-state index contributed by atoms with van der Waals surface area (Å²) in [7, 11) is 3.22. The third kappa shape index (κ3) is 5.31. The lowest BCUT2D eigenvalue weighted by molar-refractivity contribution is -0.134. The van der Waals surface area contributed by atoms with E-state index in [1.165, 1.54) is 0 Å². The van der Waals surface area contributed by atoms with E-state index in [1.807, 2.05) is 59.5 Å². The predicted octanol–water partition coefficient (Wildman–Crippen LogP) is 3.73. The van der Waals surface area contributed by atoms with Gasteiger partial charge < -0.3 is 28.7 Å². The Balaban J connectivity index is 1.54. The summed E-state index contributed by atoms with van der Waals surface area (Å²) in [5.74, 6) is 1.66. The Morgan fingerprint density at radius 2 is 1.63 bits per heavy atom. The molecule has 1 unspecified atom stereocenters. The van der Waals surface area contributed by atoms with E-state index in [0.29, 0.717) is 56.4 Å².